The zero-order chi connectivity index (χ0) is 17.1. The fraction of sp³-hybridized carbons (Fsp3) is 0.0714. The van der Waals surface area contributed by atoms with Crippen LogP contribution in [0.25, 0.3) is 5.52 Å². The van der Waals surface area contributed by atoms with E-state index < -0.39 is 11.0 Å². The first kappa shape index (κ1) is 15.7. The lowest BCUT2D eigenvalue weighted by atomic mass is 10.2. The fourth-order valence-electron chi connectivity index (χ4n) is 2.04. The van der Waals surface area contributed by atoms with E-state index in [0.717, 1.165) is 10.1 Å². The zero-order valence-corrected chi connectivity index (χ0v) is 12.8. The number of amides is 1. The Morgan fingerprint density at radius 3 is 2.75 bits per heavy atom. The highest BCUT2D eigenvalue weighted by molar-refractivity contribution is 6.28. The van der Waals surface area contributed by atoms with Crippen LogP contribution >= 0.6 is 11.6 Å². The average molecular weight is 348 g/mol. The number of anilines is 1. The SMILES string of the molecule is O=C(Nc1nc(Cl)nn2c([N+](=O)[O-])ccc12)OCc1ccccc1. The Bertz CT molecular complexity index is 912. The molecule has 1 amide bonds. The summed E-state index contributed by atoms with van der Waals surface area (Å²) in [6.45, 7) is 0.0724. The summed E-state index contributed by atoms with van der Waals surface area (Å²) in [6, 6.07) is 11.8. The molecule has 0 unspecified atom stereocenters. The van der Waals surface area contributed by atoms with Crippen molar-refractivity contribution >= 4 is 34.8 Å². The summed E-state index contributed by atoms with van der Waals surface area (Å²) in [5, 5.41) is 16.9. The van der Waals surface area contributed by atoms with Crippen molar-refractivity contribution in [2.45, 2.75) is 6.61 Å². The molecule has 0 saturated carbocycles. The molecule has 0 bridgehead atoms. The number of carbonyl (C=O) groups excluding carboxylic acids is 1. The smallest absolute Gasteiger partial charge is 0.413 e. The molecular formula is C14H10ClN5O4. The predicted octanol–water partition coefficient (Wildman–Crippen LogP) is 3.04. The predicted molar refractivity (Wildman–Crippen MR) is 84.9 cm³/mol. The second-order valence-corrected chi connectivity index (χ2v) is 5.00. The first-order valence-corrected chi connectivity index (χ1v) is 7.10. The number of benzene rings is 1. The number of nitro groups is 1. The van der Waals surface area contributed by atoms with Crippen LogP contribution in [0.4, 0.5) is 16.4 Å². The first-order valence-electron chi connectivity index (χ1n) is 6.72. The van der Waals surface area contributed by atoms with Crippen LogP contribution in [0.5, 0.6) is 0 Å². The summed E-state index contributed by atoms with van der Waals surface area (Å²) in [5.74, 6) is -0.281. The largest absolute Gasteiger partial charge is 0.444 e. The second-order valence-electron chi connectivity index (χ2n) is 4.66. The van der Waals surface area contributed by atoms with Crippen molar-refractivity contribution in [1.29, 1.82) is 0 Å². The summed E-state index contributed by atoms with van der Waals surface area (Å²) in [4.78, 5) is 26.1. The molecule has 1 N–H and O–H groups in total. The standard InChI is InChI=1S/C14H10ClN5O4/c15-13-16-12(10-6-7-11(20(22)23)19(10)18-13)17-14(21)24-8-9-4-2-1-3-5-9/h1-7H,8H2,(H,16,17,18,21). The Morgan fingerprint density at radius 1 is 1.29 bits per heavy atom. The summed E-state index contributed by atoms with van der Waals surface area (Å²) in [6.07, 6.45) is -0.764. The van der Waals surface area contributed by atoms with Crippen LogP contribution in [-0.4, -0.2) is 25.6 Å². The highest BCUT2D eigenvalue weighted by Gasteiger charge is 2.21. The molecule has 0 saturated heterocycles. The van der Waals surface area contributed by atoms with Gasteiger partial charge in [-0.3, -0.25) is 5.32 Å². The molecule has 0 aliphatic carbocycles. The normalized spacial score (nSPS) is 10.5. The van der Waals surface area contributed by atoms with Crippen molar-refractivity contribution in [3.8, 4) is 0 Å². The summed E-state index contributed by atoms with van der Waals surface area (Å²) in [5.41, 5.74) is 1.04. The third-order valence-corrected chi connectivity index (χ3v) is 3.25. The van der Waals surface area contributed by atoms with Crippen molar-refractivity contribution in [3.05, 3.63) is 63.4 Å². The van der Waals surface area contributed by atoms with Gasteiger partial charge in [0.15, 0.2) is 11.3 Å². The Morgan fingerprint density at radius 2 is 2.04 bits per heavy atom. The molecule has 0 radical (unpaired) electrons. The molecule has 9 nitrogen and oxygen atoms in total. The van der Waals surface area contributed by atoms with Gasteiger partial charge >= 0.3 is 11.9 Å². The van der Waals surface area contributed by atoms with Gasteiger partial charge in [0.2, 0.25) is 0 Å². The summed E-state index contributed by atoms with van der Waals surface area (Å²) < 4.78 is 6.07. The molecule has 2 aromatic heterocycles. The fourth-order valence-corrected chi connectivity index (χ4v) is 2.20. The Labute approximate surface area is 140 Å². The van der Waals surface area contributed by atoms with Crippen molar-refractivity contribution in [3.63, 3.8) is 0 Å². The zero-order valence-electron chi connectivity index (χ0n) is 12.0. The van der Waals surface area contributed by atoms with E-state index in [9.17, 15) is 14.9 Å². The molecule has 0 aliphatic heterocycles. The third-order valence-electron chi connectivity index (χ3n) is 3.08. The summed E-state index contributed by atoms with van der Waals surface area (Å²) in [7, 11) is 0. The molecule has 0 spiro atoms. The van der Waals surface area contributed by atoms with E-state index in [-0.39, 0.29) is 29.0 Å². The topological polar surface area (TPSA) is 112 Å². The van der Waals surface area contributed by atoms with Crippen molar-refractivity contribution in [2.75, 3.05) is 5.32 Å². The van der Waals surface area contributed by atoms with E-state index in [1.807, 2.05) is 30.3 Å². The van der Waals surface area contributed by atoms with Gasteiger partial charge in [0, 0.05) is 6.07 Å². The van der Waals surface area contributed by atoms with Gasteiger partial charge in [-0.15, -0.1) is 0 Å². The molecule has 3 aromatic rings. The molecule has 2 heterocycles. The van der Waals surface area contributed by atoms with Crippen LogP contribution < -0.4 is 5.32 Å². The number of fused-ring (bicyclic) bond motifs is 1. The second kappa shape index (κ2) is 6.50. The average Bonchev–Trinajstić information content (AvgIpc) is 2.98. The van der Waals surface area contributed by atoms with Gasteiger partial charge in [0.05, 0.1) is 0 Å². The molecule has 0 aliphatic rings. The van der Waals surface area contributed by atoms with Gasteiger partial charge in [-0.1, -0.05) is 34.8 Å². The lowest BCUT2D eigenvalue weighted by molar-refractivity contribution is -0.390. The van der Waals surface area contributed by atoms with E-state index in [1.54, 1.807) is 0 Å². The number of aromatic nitrogens is 3. The van der Waals surface area contributed by atoms with Crippen molar-refractivity contribution in [1.82, 2.24) is 14.6 Å². The minimum absolute atomic E-state index is 0.0150. The quantitative estimate of drug-likeness (QED) is 0.573. The van der Waals surface area contributed by atoms with Crippen LogP contribution in [-0.2, 0) is 11.3 Å². The van der Waals surface area contributed by atoms with E-state index in [1.165, 1.54) is 12.1 Å². The maximum absolute atomic E-state index is 11.9. The third kappa shape index (κ3) is 3.25. The molecule has 122 valence electrons. The maximum atomic E-state index is 11.9. The van der Waals surface area contributed by atoms with Gasteiger partial charge in [0.1, 0.15) is 6.61 Å². The number of hydrogen-bond donors (Lipinski definition) is 1. The van der Waals surface area contributed by atoms with Crippen LogP contribution in [0, 0.1) is 10.1 Å². The molecule has 1 aromatic carbocycles. The number of nitrogens with zero attached hydrogens (tertiary/aromatic N) is 4. The minimum atomic E-state index is -0.764. The van der Waals surface area contributed by atoms with Gasteiger partial charge in [0.25, 0.3) is 5.28 Å². The number of carbonyl (C=O) groups is 1. The number of nitrogens with one attached hydrogen (secondary N) is 1. The van der Waals surface area contributed by atoms with Crippen molar-refractivity contribution < 1.29 is 14.5 Å². The highest BCUT2D eigenvalue weighted by Crippen LogP contribution is 2.23. The lowest BCUT2D eigenvalue weighted by Crippen LogP contribution is -2.16. The van der Waals surface area contributed by atoms with Crippen LogP contribution in [0.2, 0.25) is 5.28 Å². The number of rotatable bonds is 4. The highest BCUT2D eigenvalue weighted by atomic mass is 35.5. The van der Waals surface area contributed by atoms with Crippen LogP contribution in [0.15, 0.2) is 42.5 Å². The molecule has 0 atom stereocenters. The lowest BCUT2D eigenvalue weighted by Gasteiger charge is -2.06. The van der Waals surface area contributed by atoms with Gasteiger partial charge in [-0.05, 0) is 33.3 Å². The van der Waals surface area contributed by atoms with Crippen LogP contribution in [0.1, 0.15) is 5.56 Å². The maximum Gasteiger partial charge on any atom is 0.413 e. The monoisotopic (exact) mass is 347 g/mol. The Kier molecular flexibility index (Phi) is 4.25. The van der Waals surface area contributed by atoms with Gasteiger partial charge < -0.3 is 14.9 Å². The number of hydrogen-bond acceptors (Lipinski definition) is 6. The van der Waals surface area contributed by atoms with E-state index in [0.29, 0.717) is 0 Å². The minimum Gasteiger partial charge on any atom is -0.444 e. The van der Waals surface area contributed by atoms with E-state index >= 15 is 0 Å². The van der Waals surface area contributed by atoms with Crippen molar-refractivity contribution in [2.24, 2.45) is 0 Å². The first-order chi connectivity index (χ1) is 11.5. The molecule has 24 heavy (non-hydrogen) atoms. The summed E-state index contributed by atoms with van der Waals surface area (Å²) >= 11 is 5.76. The molecular weight excluding hydrogens is 338 g/mol. The number of ether oxygens (including phenoxy) is 1. The van der Waals surface area contributed by atoms with E-state index in [4.69, 9.17) is 16.3 Å². The number of halogens is 1. The molecule has 0 fully saturated rings. The van der Waals surface area contributed by atoms with E-state index in [2.05, 4.69) is 15.4 Å². The van der Waals surface area contributed by atoms with Gasteiger partial charge in [-0.2, -0.15) is 4.98 Å². The molecule has 10 heteroatoms. The van der Waals surface area contributed by atoms with Crippen LogP contribution in [0.3, 0.4) is 0 Å². The molecule has 3 rings (SSSR count). The Balaban J connectivity index is 1.79. The Hall–Kier alpha value is -3.20. The van der Waals surface area contributed by atoms with Gasteiger partial charge in [-0.25, -0.2) is 4.79 Å².